The monoisotopic (exact) mass is 414 g/mol. The van der Waals surface area contributed by atoms with E-state index >= 15 is 0 Å². The Balaban J connectivity index is 1.81. The van der Waals surface area contributed by atoms with Crippen LogP contribution in [0.3, 0.4) is 0 Å². The summed E-state index contributed by atoms with van der Waals surface area (Å²) in [4.78, 5) is 24.9. The van der Waals surface area contributed by atoms with Crippen LogP contribution in [0, 0.1) is 24.0 Å². The lowest BCUT2D eigenvalue weighted by Crippen LogP contribution is -3.11. The molecule has 2 N–H and O–H groups in total. The van der Waals surface area contributed by atoms with Gasteiger partial charge in [-0.05, 0) is 43.2 Å². The number of ether oxygens (including phenoxy) is 2. The van der Waals surface area contributed by atoms with Gasteiger partial charge < -0.3 is 19.7 Å². The molecule has 8 heteroatoms. The van der Waals surface area contributed by atoms with Crippen LogP contribution in [0.4, 0.5) is 11.4 Å². The Labute approximate surface area is 175 Å². The van der Waals surface area contributed by atoms with Crippen molar-refractivity contribution in [1.29, 1.82) is 0 Å². The van der Waals surface area contributed by atoms with Gasteiger partial charge in [-0.25, -0.2) is 0 Å². The average Bonchev–Trinajstić information content (AvgIpc) is 3.18. The average molecular weight is 414 g/mol. The number of quaternary nitrogens is 1. The highest BCUT2D eigenvalue weighted by molar-refractivity contribution is 5.95. The van der Waals surface area contributed by atoms with Gasteiger partial charge in [0.1, 0.15) is 23.2 Å². The van der Waals surface area contributed by atoms with Crippen molar-refractivity contribution in [3.05, 3.63) is 57.1 Å². The van der Waals surface area contributed by atoms with Crippen molar-refractivity contribution in [1.82, 2.24) is 0 Å². The van der Waals surface area contributed by atoms with E-state index in [4.69, 9.17) is 9.47 Å². The van der Waals surface area contributed by atoms with Crippen LogP contribution in [-0.4, -0.2) is 38.1 Å². The Bertz CT molecular complexity index is 960. The maximum Gasteiger partial charge on any atom is 0.293 e. The number of anilines is 1. The topological polar surface area (TPSA) is 95.1 Å². The van der Waals surface area contributed by atoms with Crippen molar-refractivity contribution in [3.63, 3.8) is 0 Å². The van der Waals surface area contributed by atoms with Gasteiger partial charge in [-0.2, -0.15) is 0 Å². The van der Waals surface area contributed by atoms with Crippen molar-refractivity contribution in [2.45, 2.75) is 32.7 Å². The van der Waals surface area contributed by atoms with Crippen LogP contribution < -0.4 is 19.7 Å². The Morgan fingerprint density at radius 1 is 1.23 bits per heavy atom. The third-order valence-electron chi connectivity index (χ3n) is 5.86. The van der Waals surface area contributed by atoms with Crippen LogP contribution in [0.25, 0.3) is 0 Å². The molecule has 2 aromatic carbocycles. The molecule has 0 saturated carbocycles. The molecular formula is C22H28N3O5+. The molecule has 0 radical (unpaired) electrons. The Hall–Kier alpha value is -3.13. The maximum atomic E-state index is 12.9. The summed E-state index contributed by atoms with van der Waals surface area (Å²) in [5.41, 5.74) is 2.80. The number of nitrogens with one attached hydrogen (secondary N) is 2. The number of methoxy groups -OCH3 is 2. The molecule has 8 nitrogen and oxygen atoms in total. The number of rotatable bonds is 7. The molecule has 0 bridgehead atoms. The van der Waals surface area contributed by atoms with Crippen molar-refractivity contribution in [2.75, 3.05) is 32.6 Å². The molecule has 30 heavy (non-hydrogen) atoms. The second-order valence-corrected chi connectivity index (χ2v) is 7.59. The first-order valence-corrected chi connectivity index (χ1v) is 9.96. The summed E-state index contributed by atoms with van der Waals surface area (Å²) >= 11 is 0. The number of benzene rings is 2. The van der Waals surface area contributed by atoms with Gasteiger partial charge in [0.25, 0.3) is 11.6 Å². The van der Waals surface area contributed by atoms with E-state index in [-0.39, 0.29) is 29.9 Å². The molecule has 0 aliphatic carbocycles. The van der Waals surface area contributed by atoms with Crippen LogP contribution in [0.15, 0.2) is 30.3 Å². The second-order valence-electron chi connectivity index (χ2n) is 7.59. The van der Waals surface area contributed by atoms with E-state index in [1.807, 2.05) is 25.1 Å². The fourth-order valence-electron chi connectivity index (χ4n) is 4.11. The highest BCUT2D eigenvalue weighted by atomic mass is 16.6. The Morgan fingerprint density at radius 3 is 2.67 bits per heavy atom. The molecule has 1 aliphatic heterocycles. The fourth-order valence-corrected chi connectivity index (χ4v) is 4.11. The van der Waals surface area contributed by atoms with E-state index in [2.05, 4.69) is 5.32 Å². The molecule has 1 heterocycles. The number of nitro groups is 1. The molecule has 160 valence electrons. The normalized spacial score (nSPS) is 18.1. The van der Waals surface area contributed by atoms with Crippen LogP contribution in [0.5, 0.6) is 11.5 Å². The van der Waals surface area contributed by atoms with Crippen molar-refractivity contribution in [2.24, 2.45) is 0 Å². The van der Waals surface area contributed by atoms with E-state index in [1.165, 1.54) is 6.07 Å². The summed E-state index contributed by atoms with van der Waals surface area (Å²) in [6.45, 7) is 4.71. The third kappa shape index (κ3) is 4.38. The molecule has 3 rings (SSSR count). The number of hydrogen-bond acceptors (Lipinski definition) is 5. The summed E-state index contributed by atoms with van der Waals surface area (Å²) in [5.74, 6) is 1.27. The van der Waals surface area contributed by atoms with Crippen molar-refractivity contribution >= 4 is 17.3 Å². The Kier molecular flexibility index (Phi) is 6.56. The predicted molar refractivity (Wildman–Crippen MR) is 113 cm³/mol. The summed E-state index contributed by atoms with van der Waals surface area (Å²) in [6.07, 6.45) is 1.91. The molecule has 1 saturated heterocycles. The number of hydrogen-bond donors (Lipinski definition) is 2. The van der Waals surface area contributed by atoms with Gasteiger partial charge in [0.05, 0.1) is 31.3 Å². The maximum absolute atomic E-state index is 12.9. The minimum absolute atomic E-state index is 0.0890. The molecule has 2 atom stereocenters. The van der Waals surface area contributed by atoms with Crippen LogP contribution >= 0.6 is 0 Å². The third-order valence-corrected chi connectivity index (χ3v) is 5.86. The van der Waals surface area contributed by atoms with E-state index < -0.39 is 4.92 Å². The standard InChI is InChI=1S/C22H27N3O5/c1-14-7-9-19(25(27)28)22(15(14)2)23-21(26)13-24-11-5-6-18(24)17-12-16(29-3)8-10-20(17)30-4/h7-10,12,18H,5-6,11,13H2,1-4H3,(H,23,26)/p+1/t18-/m1/s1. The first-order valence-electron chi connectivity index (χ1n) is 9.96. The SMILES string of the molecule is COc1ccc(OC)c([C@H]2CCC[NH+]2CC(=O)Nc2c([N+](=O)[O-])ccc(C)c2C)c1. The highest BCUT2D eigenvalue weighted by Crippen LogP contribution is 2.32. The van der Waals surface area contributed by atoms with Gasteiger partial charge in [0.2, 0.25) is 0 Å². The molecule has 1 amide bonds. The first kappa shape index (κ1) is 21.6. The zero-order chi connectivity index (χ0) is 21.8. The number of nitro benzene ring substituents is 1. The van der Waals surface area contributed by atoms with E-state index in [0.717, 1.165) is 46.9 Å². The second kappa shape index (κ2) is 9.13. The van der Waals surface area contributed by atoms with E-state index in [9.17, 15) is 14.9 Å². The summed E-state index contributed by atoms with van der Waals surface area (Å²) in [6, 6.07) is 8.91. The number of carbonyl (C=O) groups is 1. The van der Waals surface area contributed by atoms with Gasteiger partial charge in [0, 0.05) is 18.9 Å². The van der Waals surface area contributed by atoms with E-state index in [0.29, 0.717) is 5.56 Å². The quantitative estimate of drug-likeness (QED) is 0.536. The van der Waals surface area contributed by atoms with Crippen LogP contribution in [0.2, 0.25) is 0 Å². The zero-order valence-corrected chi connectivity index (χ0v) is 17.8. The van der Waals surface area contributed by atoms with Gasteiger partial charge in [0.15, 0.2) is 6.54 Å². The van der Waals surface area contributed by atoms with Crippen molar-refractivity contribution < 1.29 is 24.1 Å². The van der Waals surface area contributed by atoms with E-state index in [1.54, 1.807) is 27.2 Å². The Morgan fingerprint density at radius 2 is 2.00 bits per heavy atom. The zero-order valence-electron chi connectivity index (χ0n) is 17.8. The van der Waals surface area contributed by atoms with Gasteiger partial charge in [-0.1, -0.05) is 6.07 Å². The molecule has 0 aromatic heterocycles. The largest absolute Gasteiger partial charge is 0.497 e. The molecule has 0 spiro atoms. The number of aryl methyl sites for hydroxylation is 1. The lowest BCUT2D eigenvalue weighted by atomic mass is 10.0. The number of amides is 1. The van der Waals surface area contributed by atoms with Gasteiger partial charge in [-0.15, -0.1) is 0 Å². The summed E-state index contributed by atoms with van der Waals surface area (Å²) in [5, 5.41) is 14.2. The number of carbonyl (C=O) groups excluding carboxylic acids is 1. The molecule has 1 unspecified atom stereocenters. The van der Waals surface area contributed by atoms with Crippen LogP contribution in [-0.2, 0) is 4.79 Å². The summed E-state index contributed by atoms with van der Waals surface area (Å²) < 4.78 is 10.9. The molecule has 2 aromatic rings. The molecular weight excluding hydrogens is 386 g/mol. The predicted octanol–water partition coefficient (Wildman–Crippen LogP) is 2.59. The smallest absolute Gasteiger partial charge is 0.293 e. The number of likely N-dealkylation sites (tertiary alicyclic amines) is 1. The lowest BCUT2D eigenvalue weighted by Gasteiger charge is -2.23. The molecule has 1 aliphatic rings. The molecule has 1 fully saturated rings. The van der Waals surface area contributed by atoms with Crippen molar-refractivity contribution in [3.8, 4) is 11.5 Å². The minimum Gasteiger partial charge on any atom is -0.497 e. The van der Waals surface area contributed by atoms with Gasteiger partial charge >= 0.3 is 0 Å². The first-order chi connectivity index (χ1) is 14.3. The van der Waals surface area contributed by atoms with Crippen LogP contribution in [0.1, 0.15) is 35.6 Å². The summed E-state index contributed by atoms with van der Waals surface area (Å²) in [7, 11) is 3.25. The fraction of sp³-hybridized carbons (Fsp3) is 0.409. The minimum atomic E-state index is -0.464. The number of nitrogens with zero attached hydrogens (tertiary/aromatic N) is 1. The highest BCUT2D eigenvalue weighted by Gasteiger charge is 2.34. The lowest BCUT2D eigenvalue weighted by molar-refractivity contribution is -0.910. The van der Waals surface area contributed by atoms with Gasteiger partial charge in [-0.3, -0.25) is 14.9 Å².